The molecule has 5 unspecified atom stereocenters. The van der Waals surface area contributed by atoms with Crippen molar-refractivity contribution in [2.45, 2.75) is 216 Å². The summed E-state index contributed by atoms with van der Waals surface area (Å²) < 4.78 is 11.4. The number of aliphatic hydroxyl groups excluding tert-OH is 6. The van der Waals surface area contributed by atoms with Crippen molar-refractivity contribution in [3.63, 3.8) is 0 Å². The molecule has 0 aromatic carbocycles. The van der Waals surface area contributed by atoms with Gasteiger partial charge >= 0.3 is 0 Å². The van der Waals surface area contributed by atoms with Crippen LogP contribution in [0.2, 0.25) is 0 Å². The van der Waals surface area contributed by atoms with Gasteiger partial charge in [0.25, 0.3) is 0 Å². The zero-order chi connectivity index (χ0) is 38.1. The van der Waals surface area contributed by atoms with Crippen LogP contribution in [0.15, 0.2) is 6.20 Å². The van der Waals surface area contributed by atoms with Gasteiger partial charge in [-0.2, -0.15) is 0 Å². The molecule has 2 aliphatic heterocycles. The molecule has 2 fully saturated rings. The molecule has 11 heteroatoms. The summed E-state index contributed by atoms with van der Waals surface area (Å²) in [6.45, 7) is 5.37. The first-order valence-electron chi connectivity index (χ1n) is 21.9. The summed E-state index contributed by atoms with van der Waals surface area (Å²) in [7, 11) is 0. The average Bonchev–Trinajstić information content (AvgIpc) is 3.64. The number of aliphatic hydroxyl groups is 6. The lowest BCUT2D eigenvalue weighted by atomic mass is 9.94. The highest BCUT2D eigenvalue weighted by molar-refractivity contribution is 5.09. The van der Waals surface area contributed by atoms with Crippen LogP contribution in [0.1, 0.15) is 178 Å². The first-order chi connectivity index (χ1) is 25.8. The fraction of sp³-hybridized carbons (Fsp3) is 0.929. The van der Waals surface area contributed by atoms with Crippen molar-refractivity contribution in [3.05, 3.63) is 17.7 Å². The predicted octanol–water partition coefficient (Wildman–Crippen LogP) is 6.27. The Morgan fingerprint density at radius 2 is 1.32 bits per heavy atom. The molecular formula is C42H79N3O8. The fourth-order valence-electron chi connectivity index (χ4n) is 7.96. The van der Waals surface area contributed by atoms with Crippen molar-refractivity contribution in [1.82, 2.24) is 14.9 Å². The number of rotatable bonds is 31. The van der Waals surface area contributed by atoms with Crippen molar-refractivity contribution in [2.24, 2.45) is 0 Å². The van der Waals surface area contributed by atoms with E-state index in [4.69, 9.17) is 9.47 Å². The summed E-state index contributed by atoms with van der Waals surface area (Å²) in [4.78, 5) is 10.6. The lowest BCUT2D eigenvalue weighted by molar-refractivity contribution is -0.303. The second kappa shape index (κ2) is 28.3. The number of aromatic nitrogens is 2. The molecule has 7 N–H and O–H groups in total. The van der Waals surface area contributed by atoms with E-state index in [-0.39, 0.29) is 6.61 Å². The number of aromatic amines is 1. The highest BCUT2D eigenvalue weighted by atomic mass is 16.7. The Bertz CT molecular complexity index is 1010. The maximum absolute atomic E-state index is 11.4. The van der Waals surface area contributed by atoms with E-state index in [1.807, 2.05) is 0 Å². The number of nitrogens with one attached hydrogen (secondary N) is 1. The Morgan fingerprint density at radius 3 is 1.92 bits per heavy atom. The summed E-state index contributed by atoms with van der Waals surface area (Å²) in [5.41, 5.74) is 0.957. The zero-order valence-corrected chi connectivity index (χ0v) is 33.3. The van der Waals surface area contributed by atoms with Crippen LogP contribution in [0.5, 0.6) is 0 Å². The van der Waals surface area contributed by atoms with Gasteiger partial charge in [0.2, 0.25) is 0 Å². The number of hydrogen-bond donors (Lipinski definition) is 7. The normalized spacial score (nSPS) is 24.4. The van der Waals surface area contributed by atoms with Gasteiger partial charge in [0.15, 0.2) is 6.29 Å². The number of ether oxygens (including phenoxy) is 2. The van der Waals surface area contributed by atoms with Gasteiger partial charge in [0.1, 0.15) is 30.2 Å². The van der Waals surface area contributed by atoms with Crippen LogP contribution >= 0.6 is 0 Å². The van der Waals surface area contributed by atoms with Gasteiger partial charge in [-0.1, -0.05) is 129 Å². The van der Waals surface area contributed by atoms with Gasteiger partial charge in [-0.25, -0.2) is 4.98 Å². The Hall–Kier alpha value is -1.15. The minimum absolute atomic E-state index is 0.162. The van der Waals surface area contributed by atoms with Crippen molar-refractivity contribution in [2.75, 3.05) is 32.8 Å². The number of unbranched alkanes of at least 4 members (excludes halogenated alkanes) is 18. The molecule has 310 valence electrons. The highest BCUT2D eigenvalue weighted by Crippen LogP contribution is 2.27. The van der Waals surface area contributed by atoms with Crippen LogP contribution in [0.25, 0.3) is 0 Å². The molecule has 0 amide bonds. The third kappa shape index (κ3) is 18.1. The van der Waals surface area contributed by atoms with E-state index in [2.05, 4.69) is 21.8 Å². The van der Waals surface area contributed by atoms with E-state index in [0.717, 1.165) is 44.2 Å². The van der Waals surface area contributed by atoms with E-state index in [9.17, 15) is 30.6 Å². The van der Waals surface area contributed by atoms with Crippen molar-refractivity contribution >= 4 is 0 Å². The lowest BCUT2D eigenvalue weighted by Crippen LogP contribution is -2.59. The monoisotopic (exact) mass is 754 g/mol. The van der Waals surface area contributed by atoms with Gasteiger partial charge in [0, 0.05) is 11.9 Å². The summed E-state index contributed by atoms with van der Waals surface area (Å²) in [6, 6.07) is 0. The van der Waals surface area contributed by atoms with Gasteiger partial charge in [-0.3, -0.25) is 0 Å². The van der Waals surface area contributed by atoms with Crippen molar-refractivity contribution in [3.8, 4) is 0 Å². The first-order valence-corrected chi connectivity index (χ1v) is 21.9. The molecule has 0 saturated carbocycles. The van der Waals surface area contributed by atoms with Crippen LogP contribution in [-0.2, 0) is 15.9 Å². The second-order valence-corrected chi connectivity index (χ2v) is 16.1. The van der Waals surface area contributed by atoms with Gasteiger partial charge in [0.05, 0.1) is 31.3 Å². The van der Waals surface area contributed by atoms with Gasteiger partial charge in [-0.05, 0) is 58.2 Å². The molecule has 11 nitrogen and oxygen atoms in total. The summed E-state index contributed by atoms with van der Waals surface area (Å²) in [6.07, 6.45) is 22.5. The SMILES string of the molecule is CCCCCCCCCCCCCC[C@@H](O)[C@@H](O)[C@H](COC1OC(CO)C(O)C(O)C1O)c1ncc(CCCCCCCCCCN2CCCCC2)[nH]1. The number of hydrogen-bond acceptors (Lipinski definition) is 10. The van der Waals surface area contributed by atoms with E-state index in [0.29, 0.717) is 12.2 Å². The van der Waals surface area contributed by atoms with Crippen molar-refractivity contribution in [1.29, 1.82) is 0 Å². The topological polar surface area (TPSA) is 172 Å². The molecule has 1 aromatic heterocycles. The largest absolute Gasteiger partial charge is 0.394 e. The first kappa shape index (κ1) is 46.2. The molecule has 2 aliphatic rings. The fourth-order valence-corrected chi connectivity index (χ4v) is 7.96. The third-order valence-corrected chi connectivity index (χ3v) is 11.6. The molecule has 3 rings (SSSR count). The van der Waals surface area contributed by atoms with Crippen LogP contribution in [0.4, 0.5) is 0 Å². The number of nitrogens with zero attached hydrogens (tertiary/aromatic N) is 2. The summed E-state index contributed by atoms with van der Waals surface area (Å²) >= 11 is 0. The molecule has 0 spiro atoms. The second-order valence-electron chi connectivity index (χ2n) is 16.1. The Kier molecular flexibility index (Phi) is 24.7. The molecule has 0 radical (unpaired) electrons. The predicted molar refractivity (Wildman–Crippen MR) is 210 cm³/mol. The minimum atomic E-state index is -1.56. The molecule has 2 saturated heterocycles. The number of H-pyrrole nitrogens is 1. The maximum atomic E-state index is 11.4. The third-order valence-electron chi connectivity index (χ3n) is 11.6. The molecule has 3 heterocycles. The Labute approximate surface area is 321 Å². The molecule has 53 heavy (non-hydrogen) atoms. The number of aryl methyl sites for hydroxylation is 1. The van der Waals surface area contributed by atoms with Crippen LogP contribution in [0, 0.1) is 0 Å². The number of piperidine rings is 1. The molecule has 0 aliphatic carbocycles. The highest BCUT2D eigenvalue weighted by Gasteiger charge is 2.44. The van der Waals surface area contributed by atoms with E-state index < -0.39 is 55.4 Å². The summed E-state index contributed by atoms with van der Waals surface area (Å²) in [5, 5.41) is 63.0. The Morgan fingerprint density at radius 1 is 0.755 bits per heavy atom. The van der Waals surface area contributed by atoms with E-state index in [1.165, 1.54) is 135 Å². The van der Waals surface area contributed by atoms with Crippen molar-refractivity contribution < 1.29 is 40.1 Å². The molecule has 0 bridgehead atoms. The lowest BCUT2D eigenvalue weighted by Gasteiger charge is -2.40. The Balaban J connectivity index is 1.41. The minimum Gasteiger partial charge on any atom is -0.394 e. The standard InChI is InChI=1S/C42H79N3O8/c1-2-3-4-5-6-7-8-9-10-14-17-21-26-35(47)37(48)34(32-52-42-40(51)39(50)38(49)36(31-46)53-42)41-43-30-33(44-41)25-20-16-13-11-12-15-18-22-27-45-28-23-19-24-29-45/h30,34-40,42,46-51H,2-29,31-32H2,1H3,(H,43,44)/t34-,35+,36?,37-,38?,39?,40?,42?/m0/s1. The van der Waals surface area contributed by atoms with Gasteiger partial charge < -0.3 is 50.0 Å². The van der Waals surface area contributed by atoms with E-state index in [1.54, 1.807) is 6.20 Å². The van der Waals surface area contributed by atoms with Crippen LogP contribution < -0.4 is 0 Å². The average molecular weight is 754 g/mol. The van der Waals surface area contributed by atoms with Crippen LogP contribution in [0.3, 0.4) is 0 Å². The molecule has 1 aromatic rings. The zero-order valence-electron chi connectivity index (χ0n) is 33.3. The maximum Gasteiger partial charge on any atom is 0.186 e. The summed E-state index contributed by atoms with van der Waals surface area (Å²) in [5.74, 6) is -0.270. The van der Waals surface area contributed by atoms with Gasteiger partial charge in [-0.15, -0.1) is 0 Å². The van der Waals surface area contributed by atoms with E-state index >= 15 is 0 Å². The number of imidazole rings is 1. The van der Waals surface area contributed by atoms with Crippen LogP contribution in [-0.4, -0.2) is 121 Å². The quantitative estimate of drug-likeness (QED) is 0.0429. The molecular weight excluding hydrogens is 674 g/mol. The smallest absolute Gasteiger partial charge is 0.186 e. The molecule has 8 atom stereocenters. The number of likely N-dealkylation sites (tertiary alicyclic amines) is 1.